The molecule has 1 nitrogen and oxygen atoms in total. The van der Waals surface area contributed by atoms with Gasteiger partial charge in [-0.3, -0.25) is 4.79 Å². The highest BCUT2D eigenvalue weighted by molar-refractivity contribution is 7.71. The fourth-order valence-electron chi connectivity index (χ4n) is 5.74. The summed E-state index contributed by atoms with van der Waals surface area (Å²) in [6.45, 7) is 11.5. The minimum Gasteiger partial charge on any atom is -0.288 e. The molecule has 0 amide bonds. The van der Waals surface area contributed by atoms with Crippen LogP contribution in [0.3, 0.4) is 0 Å². The van der Waals surface area contributed by atoms with Gasteiger partial charge in [-0.25, -0.2) is 0 Å². The molecule has 1 unspecified atom stereocenters. The van der Waals surface area contributed by atoms with Crippen LogP contribution in [0.25, 0.3) is 0 Å². The number of hydrogen-bond donors (Lipinski definition) is 0. The first-order chi connectivity index (χ1) is 17.3. The summed E-state index contributed by atoms with van der Waals surface area (Å²) in [5, 5.41) is 0. The van der Waals surface area contributed by atoms with Crippen LogP contribution in [0.5, 0.6) is 0 Å². The van der Waals surface area contributed by atoms with Crippen LogP contribution in [-0.4, -0.2) is 0 Å². The summed E-state index contributed by atoms with van der Waals surface area (Å²) in [4.78, 5) is 12.4. The zero-order valence-electron chi connectivity index (χ0n) is 25.2. The molecule has 0 aliphatic carbocycles. The van der Waals surface area contributed by atoms with E-state index in [4.69, 9.17) is 12.2 Å². The molecule has 1 aromatic rings. The third-order valence-electron chi connectivity index (χ3n) is 8.19. The molecule has 0 N–H and O–H groups in total. The Balaban J connectivity index is 2.38. The van der Waals surface area contributed by atoms with E-state index < -0.39 is 0 Å². The third-order valence-corrected chi connectivity index (χ3v) is 8.63. The van der Waals surface area contributed by atoms with E-state index in [2.05, 4.69) is 34.6 Å². The van der Waals surface area contributed by atoms with E-state index in [9.17, 15) is 4.79 Å². The Morgan fingerprint density at radius 1 is 0.583 bits per heavy atom. The summed E-state index contributed by atoms with van der Waals surface area (Å²) in [5.41, 5.74) is 2.93. The molecule has 0 spiro atoms. The fraction of sp³-hybridized carbons (Fsp3) is 0.882. The van der Waals surface area contributed by atoms with Crippen LogP contribution in [0.1, 0.15) is 181 Å². The predicted octanol–water partition coefficient (Wildman–Crippen LogP) is 11.6. The quantitative estimate of drug-likeness (QED) is 0.0999. The van der Waals surface area contributed by atoms with Crippen LogP contribution < -0.4 is 5.43 Å². The van der Waals surface area contributed by atoms with Gasteiger partial charge in [-0.15, -0.1) is 0 Å². The van der Waals surface area contributed by atoms with Gasteiger partial charge in [0.2, 0.25) is 0 Å². The molecular formula is C34H62OS. The summed E-state index contributed by atoms with van der Waals surface area (Å²) in [7, 11) is 0. The molecule has 0 aromatic heterocycles. The van der Waals surface area contributed by atoms with Gasteiger partial charge in [-0.1, -0.05) is 162 Å². The zero-order valence-corrected chi connectivity index (χ0v) is 26.0. The lowest BCUT2D eigenvalue weighted by molar-refractivity contribution is 0.360. The van der Waals surface area contributed by atoms with Crippen molar-refractivity contribution in [1.82, 2.24) is 0 Å². The molecule has 2 heteroatoms. The second-order valence-corrected chi connectivity index (χ2v) is 13.4. The molecule has 0 bridgehead atoms. The molecule has 0 radical (unpaired) electrons. The second-order valence-electron chi connectivity index (χ2n) is 13.0. The van der Waals surface area contributed by atoms with E-state index in [0.29, 0.717) is 9.93 Å². The SMILES string of the molecule is CCCCCCCCCC(CCCCCCCC)CCCCc1c(CCCCC(C)(C)C)c(=S)c1=O. The molecule has 210 valence electrons. The lowest BCUT2D eigenvalue weighted by Crippen LogP contribution is -2.21. The maximum absolute atomic E-state index is 12.4. The molecule has 0 saturated carbocycles. The van der Waals surface area contributed by atoms with Crippen molar-refractivity contribution in [3.8, 4) is 0 Å². The first-order valence-electron chi connectivity index (χ1n) is 16.1. The zero-order chi connectivity index (χ0) is 26.7. The normalized spacial score (nSPS) is 13.0. The van der Waals surface area contributed by atoms with Crippen molar-refractivity contribution >= 4 is 12.2 Å². The minimum absolute atomic E-state index is 0.197. The Kier molecular flexibility index (Phi) is 19.1. The van der Waals surface area contributed by atoms with E-state index in [1.807, 2.05) is 0 Å². The molecule has 36 heavy (non-hydrogen) atoms. The van der Waals surface area contributed by atoms with E-state index >= 15 is 0 Å². The summed E-state index contributed by atoms with van der Waals surface area (Å²) in [5.74, 6) is 0.899. The van der Waals surface area contributed by atoms with Crippen molar-refractivity contribution in [2.75, 3.05) is 0 Å². The molecule has 0 fully saturated rings. The largest absolute Gasteiger partial charge is 0.288 e. The standard InChI is InChI=1S/C34H62OS/c1-6-8-10-12-14-16-18-24-29(23-17-15-13-11-9-7-2)25-19-20-26-30-31(33(36)32(30)35)27-21-22-28-34(3,4)5/h29H,6-28H2,1-5H3. The highest BCUT2D eigenvalue weighted by Gasteiger charge is 2.18. The van der Waals surface area contributed by atoms with Crippen molar-refractivity contribution in [1.29, 1.82) is 0 Å². The summed E-state index contributed by atoms with van der Waals surface area (Å²) in [6, 6.07) is 0. The van der Waals surface area contributed by atoms with Gasteiger partial charge < -0.3 is 0 Å². The van der Waals surface area contributed by atoms with Crippen LogP contribution in [0.2, 0.25) is 0 Å². The van der Waals surface area contributed by atoms with Gasteiger partial charge in [0.1, 0.15) is 0 Å². The van der Waals surface area contributed by atoms with Crippen LogP contribution in [0.15, 0.2) is 4.79 Å². The monoisotopic (exact) mass is 518 g/mol. The highest BCUT2D eigenvalue weighted by atomic mass is 32.1. The first kappa shape index (κ1) is 33.5. The van der Waals surface area contributed by atoms with Gasteiger partial charge in [0.15, 0.2) is 5.43 Å². The van der Waals surface area contributed by atoms with Crippen molar-refractivity contribution in [3.63, 3.8) is 0 Å². The van der Waals surface area contributed by atoms with Crippen molar-refractivity contribution in [2.45, 2.75) is 182 Å². The lowest BCUT2D eigenvalue weighted by Gasteiger charge is -2.19. The van der Waals surface area contributed by atoms with Crippen molar-refractivity contribution < 1.29 is 0 Å². The predicted molar refractivity (Wildman–Crippen MR) is 165 cm³/mol. The number of hydrogen-bond acceptors (Lipinski definition) is 2. The smallest absolute Gasteiger partial charge is 0.200 e. The summed E-state index contributed by atoms with van der Waals surface area (Å²) >= 11 is 5.42. The van der Waals surface area contributed by atoms with Crippen molar-refractivity contribution in [3.05, 3.63) is 25.9 Å². The maximum atomic E-state index is 12.4. The van der Waals surface area contributed by atoms with Gasteiger partial charge in [0, 0.05) is 5.56 Å². The molecule has 0 saturated heterocycles. The Bertz CT molecular complexity index is 718. The minimum atomic E-state index is 0.197. The molecule has 0 aliphatic rings. The first-order valence-corrected chi connectivity index (χ1v) is 16.5. The topological polar surface area (TPSA) is 17.1 Å². The van der Waals surface area contributed by atoms with Gasteiger partial charge in [-0.2, -0.15) is 0 Å². The van der Waals surface area contributed by atoms with Gasteiger partial charge in [0.05, 0.1) is 4.51 Å². The Hall–Kier alpha value is -0.500. The van der Waals surface area contributed by atoms with Gasteiger partial charge in [-0.05, 0) is 49.0 Å². The molecule has 0 aliphatic heterocycles. The van der Waals surface area contributed by atoms with E-state index in [-0.39, 0.29) is 5.43 Å². The Morgan fingerprint density at radius 3 is 1.50 bits per heavy atom. The maximum Gasteiger partial charge on any atom is 0.200 e. The van der Waals surface area contributed by atoms with Crippen LogP contribution >= 0.6 is 12.2 Å². The van der Waals surface area contributed by atoms with E-state index in [0.717, 1.165) is 24.3 Å². The average molecular weight is 519 g/mol. The highest BCUT2D eigenvalue weighted by Crippen LogP contribution is 2.26. The van der Waals surface area contributed by atoms with Gasteiger partial charge in [0.25, 0.3) is 0 Å². The molecule has 1 aromatic carbocycles. The van der Waals surface area contributed by atoms with Crippen LogP contribution in [-0.2, 0) is 12.8 Å². The molecular weight excluding hydrogens is 456 g/mol. The number of unbranched alkanes of at least 4 members (excludes halogenated alkanes) is 13. The summed E-state index contributed by atoms with van der Waals surface area (Å²) in [6.07, 6.45) is 30.6. The fourth-order valence-corrected chi connectivity index (χ4v) is 6.09. The third kappa shape index (κ3) is 15.7. The average Bonchev–Trinajstić information content (AvgIpc) is 2.84. The Morgan fingerprint density at radius 2 is 1.00 bits per heavy atom. The molecule has 1 rings (SSSR count). The van der Waals surface area contributed by atoms with Crippen LogP contribution in [0.4, 0.5) is 0 Å². The van der Waals surface area contributed by atoms with E-state index in [1.54, 1.807) is 0 Å². The van der Waals surface area contributed by atoms with Crippen molar-refractivity contribution in [2.24, 2.45) is 11.3 Å². The summed E-state index contributed by atoms with van der Waals surface area (Å²) < 4.78 is 0.653. The second kappa shape index (κ2) is 20.5. The van der Waals surface area contributed by atoms with Crippen LogP contribution in [0, 0.1) is 15.8 Å². The van der Waals surface area contributed by atoms with E-state index in [1.165, 1.54) is 140 Å². The molecule has 1 atom stereocenters. The Labute approximate surface area is 231 Å². The van der Waals surface area contributed by atoms with Gasteiger partial charge >= 0.3 is 0 Å². The number of rotatable bonds is 24. The lowest BCUT2D eigenvalue weighted by atomic mass is 9.87. The molecule has 0 heterocycles.